The molecule has 0 saturated carbocycles. The van der Waals surface area contributed by atoms with Gasteiger partial charge in [0.2, 0.25) is 5.78 Å². The maximum Gasteiger partial charge on any atom is 0.251 e. The molecule has 4 nitrogen and oxygen atoms in total. The SMILES string of the molecule is O=C(c1ccc(Cl)cc1)[C@H]1Oc2ccc(Cl)cc2[C@@H]2CC(c3cccs3)=NN12. The van der Waals surface area contributed by atoms with Crippen molar-refractivity contribution < 1.29 is 9.53 Å². The molecule has 0 spiro atoms. The fourth-order valence-corrected chi connectivity index (χ4v) is 4.61. The van der Waals surface area contributed by atoms with Crippen molar-refractivity contribution in [2.75, 3.05) is 0 Å². The Labute approximate surface area is 176 Å². The maximum absolute atomic E-state index is 13.2. The molecule has 1 aromatic heterocycles. The van der Waals surface area contributed by atoms with Crippen LogP contribution in [0.2, 0.25) is 10.0 Å². The summed E-state index contributed by atoms with van der Waals surface area (Å²) in [5.41, 5.74) is 2.43. The van der Waals surface area contributed by atoms with Crippen molar-refractivity contribution in [1.82, 2.24) is 5.01 Å². The van der Waals surface area contributed by atoms with Crippen molar-refractivity contribution in [2.45, 2.75) is 18.7 Å². The highest BCUT2D eigenvalue weighted by atomic mass is 35.5. The third-order valence-electron chi connectivity index (χ3n) is 4.91. The third kappa shape index (κ3) is 3.00. The van der Waals surface area contributed by atoms with E-state index in [1.807, 2.05) is 29.6 Å². The Morgan fingerprint density at radius 1 is 1.11 bits per heavy atom. The number of carbonyl (C=O) groups is 1. The van der Waals surface area contributed by atoms with Gasteiger partial charge in [0.15, 0.2) is 0 Å². The molecule has 0 fully saturated rings. The fraction of sp³-hybridized carbons (Fsp3) is 0.143. The second kappa shape index (κ2) is 6.92. The Balaban J connectivity index is 1.57. The van der Waals surface area contributed by atoms with Crippen LogP contribution >= 0.6 is 34.5 Å². The van der Waals surface area contributed by atoms with Crippen molar-refractivity contribution in [1.29, 1.82) is 0 Å². The van der Waals surface area contributed by atoms with Crippen molar-refractivity contribution in [3.8, 4) is 5.75 Å². The predicted octanol–water partition coefficient (Wildman–Crippen LogP) is 5.81. The molecule has 0 radical (unpaired) electrons. The molecule has 3 heterocycles. The van der Waals surface area contributed by atoms with E-state index in [4.69, 9.17) is 33.0 Å². The van der Waals surface area contributed by atoms with Gasteiger partial charge in [-0.2, -0.15) is 5.10 Å². The minimum absolute atomic E-state index is 0.0965. The topological polar surface area (TPSA) is 41.9 Å². The summed E-state index contributed by atoms with van der Waals surface area (Å²) >= 11 is 13.8. The van der Waals surface area contributed by atoms with Crippen LogP contribution in [0.15, 0.2) is 65.1 Å². The molecule has 2 atom stereocenters. The van der Waals surface area contributed by atoms with Gasteiger partial charge in [0.25, 0.3) is 6.23 Å². The van der Waals surface area contributed by atoms with E-state index in [-0.39, 0.29) is 11.8 Å². The van der Waals surface area contributed by atoms with Crippen molar-refractivity contribution >= 4 is 46.0 Å². The van der Waals surface area contributed by atoms with Gasteiger partial charge in [-0.05, 0) is 53.9 Å². The lowest BCUT2D eigenvalue weighted by Crippen LogP contribution is -2.45. The standard InChI is InChI=1S/C21H14Cl2N2O2S/c22-13-5-3-12(4-6-13)20(26)21-25-17(11-16(24-25)19-2-1-9-28-19)15-10-14(23)7-8-18(15)27-21/h1-10,17,21H,11H2/t17-,21+/m0/s1. The smallest absolute Gasteiger partial charge is 0.251 e. The largest absolute Gasteiger partial charge is 0.461 e. The van der Waals surface area contributed by atoms with Gasteiger partial charge in [-0.3, -0.25) is 4.79 Å². The summed E-state index contributed by atoms with van der Waals surface area (Å²) in [7, 11) is 0. The molecule has 140 valence electrons. The van der Waals surface area contributed by atoms with E-state index < -0.39 is 6.23 Å². The van der Waals surface area contributed by atoms with Gasteiger partial charge in [0, 0.05) is 27.6 Å². The van der Waals surface area contributed by atoms with Crippen LogP contribution in [0.1, 0.15) is 33.3 Å². The average molecular weight is 429 g/mol. The first-order chi connectivity index (χ1) is 13.6. The molecule has 0 saturated heterocycles. The minimum Gasteiger partial charge on any atom is -0.461 e. The van der Waals surface area contributed by atoms with Gasteiger partial charge in [-0.25, -0.2) is 5.01 Å². The monoisotopic (exact) mass is 428 g/mol. The van der Waals surface area contributed by atoms with E-state index in [0.717, 1.165) is 16.2 Å². The highest BCUT2D eigenvalue weighted by molar-refractivity contribution is 7.12. The molecule has 0 amide bonds. The molecular weight excluding hydrogens is 415 g/mol. The Kier molecular flexibility index (Phi) is 4.38. The zero-order chi connectivity index (χ0) is 19.3. The molecule has 2 aromatic carbocycles. The van der Waals surface area contributed by atoms with Gasteiger partial charge in [-0.1, -0.05) is 29.3 Å². The van der Waals surface area contributed by atoms with Gasteiger partial charge >= 0.3 is 0 Å². The predicted molar refractivity (Wildman–Crippen MR) is 112 cm³/mol. The normalized spacial score (nSPS) is 20.2. The maximum atomic E-state index is 13.2. The van der Waals surface area contributed by atoms with Gasteiger partial charge in [0.05, 0.1) is 16.6 Å². The molecule has 0 bridgehead atoms. The number of Topliss-reactive ketones (excluding diaryl/α,β-unsaturated/α-hetero) is 1. The average Bonchev–Trinajstić information content (AvgIpc) is 3.37. The molecular formula is C21H14Cl2N2O2S. The molecule has 2 aliphatic rings. The number of hydrazone groups is 1. The molecule has 0 N–H and O–H groups in total. The summed E-state index contributed by atoms with van der Waals surface area (Å²) in [5, 5.41) is 9.78. The number of rotatable bonds is 3. The molecule has 5 rings (SSSR count). The number of benzene rings is 2. The number of hydrogen-bond donors (Lipinski definition) is 0. The van der Waals surface area contributed by atoms with Crippen molar-refractivity contribution in [3.63, 3.8) is 0 Å². The molecule has 2 aliphatic heterocycles. The highest BCUT2D eigenvalue weighted by Crippen LogP contribution is 2.44. The van der Waals surface area contributed by atoms with Crippen molar-refractivity contribution in [2.24, 2.45) is 5.10 Å². The lowest BCUT2D eigenvalue weighted by molar-refractivity contribution is -0.00454. The van der Waals surface area contributed by atoms with Crippen LogP contribution < -0.4 is 4.74 Å². The first-order valence-electron chi connectivity index (χ1n) is 8.76. The Bertz CT molecular complexity index is 1080. The van der Waals surface area contributed by atoms with E-state index in [1.54, 1.807) is 46.7 Å². The van der Waals surface area contributed by atoms with Crippen LogP contribution in [-0.2, 0) is 0 Å². The minimum atomic E-state index is -0.836. The number of fused-ring (bicyclic) bond motifs is 3. The number of halogens is 2. The Morgan fingerprint density at radius 2 is 1.89 bits per heavy atom. The van der Waals surface area contributed by atoms with Crippen LogP contribution in [0.4, 0.5) is 0 Å². The summed E-state index contributed by atoms with van der Waals surface area (Å²) in [6, 6.07) is 16.2. The molecule has 28 heavy (non-hydrogen) atoms. The van der Waals surface area contributed by atoms with E-state index >= 15 is 0 Å². The third-order valence-corrected chi connectivity index (χ3v) is 6.32. The number of hydrogen-bond acceptors (Lipinski definition) is 5. The molecule has 3 aromatic rings. The molecule has 0 unspecified atom stereocenters. The van der Waals surface area contributed by atoms with E-state index in [9.17, 15) is 4.79 Å². The fourth-order valence-electron chi connectivity index (χ4n) is 3.58. The first kappa shape index (κ1) is 17.7. The zero-order valence-corrected chi connectivity index (χ0v) is 16.8. The van der Waals surface area contributed by atoms with Crippen LogP contribution in [-0.4, -0.2) is 22.7 Å². The summed E-state index contributed by atoms with van der Waals surface area (Å²) in [6.45, 7) is 0. The second-order valence-electron chi connectivity index (χ2n) is 6.65. The van der Waals surface area contributed by atoms with Gasteiger partial charge in [-0.15, -0.1) is 11.3 Å². The van der Waals surface area contributed by atoms with E-state index in [1.165, 1.54) is 0 Å². The summed E-state index contributed by atoms with van der Waals surface area (Å²) < 4.78 is 6.09. The van der Waals surface area contributed by atoms with Crippen molar-refractivity contribution in [3.05, 3.63) is 86.0 Å². The first-order valence-corrected chi connectivity index (χ1v) is 10.4. The van der Waals surface area contributed by atoms with Gasteiger partial charge in [0.1, 0.15) is 5.75 Å². The van der Waals surface area contributed by atoms with Crippen LogP contribution in [0, 0.1) is 0 Å². The lowest BCUT2D eigenvalue weighted by Gasteiger charge is -2.37. The number of carbonyl (C=O) groups excluding carboxylic acids is 1. The van der Waals surface area contributed by atoms with Crippen LogP contribution in [0.3, 0.4) is 0 Å². The van der Waals surface area contributed by atoms with Gasteiger partial charge < -0.3 is 4.74 Å². The molecule has 7 heteroatoms. The highest BCUT2D eigenvalue weighted by Gasteiger charge is 2.43. The number of nitrogens with zero attached hydrogens (tertiary/aromatic N) is 2. The van der Waals surface area contributed by atoms with Crippen LogP contribution in [0.5, 0.6) is 5.75 Å². The molecule has 0 aliphatic carbocycles. The Morgan fingerprint density at radius 3 is 2.64 bits per heavy atom. The van der Waals surface area contributed by atoms with E-state index in [2.05, 4.69) is 0 Å². The number of ether oxygens (including phenoxy) is 1. The summed E-state index contributed by atoms with van der Waals surface area (Å²) in [4.78, 5) is 14.3. The lowest BCUT2D eigenvalue weighted by atomic mass is 9.97. The zero-order valence-electron chi connectivity index (χ0n) is 14.5. The van der Waals surface area contributed by atoms with E-state index in [0.29, 0.717) is 27.8 Å². The summed E-state index contributed by atoms with van der Waals surface area (Å²) in [5.74, 6) is 0.513. The Hall–Kier alpha value is -2.34. The summed E-state index contributed by atoms with van der Waals surface area (Å²) in [6.07, 6.45) is -0.140. The number of ketones is 1. The second-order valence-corrected chi connectivity index (χ2v) is 8.47. The number of thiophene rings is 1. The van der Waals surface area contributed by atoms with Crippen LogP contribution in [0.25, 0.3) is 0 Å². The quantitative estimate of drug-likeness (QED) is 0.494.